The van der Waals surface area contributed by atoms with Crippen molar-refractivity contribution in [2.75, 3.05) is 12.4 Å². The lowest BCUT2D eigenvalue weighted by atomic mass is 10.1. The SMILES string of the molecule is COc1ccccc1CC(=O)Nc1nc2c(ccc3ccccc32)s1. The first kappa shape index (κ1) is 15.6. The first-order valence-electron chi connectivity index (χ1n) is 7.94. The Hall–Kier alpha value is -2.92. The summed E-state index contributed by atoms with van der Waals surface area (Å²) >= 11 is 1.49. The van der Waals surface area contributed by atoms with Crippen LogP contribution in [0.2, 0.25) is 0 Å². The van der Waals surface area contributed by atoms with E-state index in [0.29, 0.717) is 10.9 Å². The number of nitrogens with zero attached hydrogens (tertiary/aromatic N) is 1. The number of thiazole rings is 1. The fraction of sp³-hybridized carbons (Fsp3) is 0.100. The highest BCUT2D eigenvalue weighted by molar-refractivity contribution is 7.22. The number of fused-ring (bicyclic) bond motifs is 3. The minimum Gasteiger partial charge on any atom is -0.496 e. The van der Waals surface area contributed by atoms with Gasteiger partial charge in [-0.3, -0.25) is 4.79 Å². The van der Waals surface area contributed by atoms with Crippen LogP contribution in [0.15, 0.2) is 60.7 Å². The summed E-state index contributed by atoms with van der Waals surface area (Å²) in [5, 5.41) is 5.77. The van der Waals surface area contributed by atoms with Crippen LogP contribution in [-0.2, 0) is 11.2 Å². The number of hydrogen-bond donors (Lipinski definition) is 1. The van der Waals surface area contributed by atoms with E-state index in [4.69, 9.17) is 4.74 Å². The highest BCUT2D eigenvalue weighted by Gasteiger charge is 2.12. The van der Waals surface area contributed by atoms with Gasteiger partial charge in [0.05, 0.1) is 23.7 Å². The molecule has 124 valence electrons. The maximum absolute atomic E-state index is 12.4. The molecule has 4 aromatic rings. The molecule has 4 nitrogen and oxygen atoms in total. The van der Waals surface area contributed by atoms with Gasteiger partial charge >= 0.3 is 0 Å². The summed E-state index contributed by atoms with van der Waals surface area (Å²) in [6.07, 6.45) is 0.251. The molecule has 0 aliphatic carbocycles. The number of amides is 1. The van der Waals surface area contributed by atoms with E-state index < -0.39 is 0 Å². The minimum atomic E-state index is -0.104. The molecule has 0 saturated heterocycles. The molecule has 0 radical (unpaired) electrons. The molecule has 4 rings (SSSR count). The molecule has 0 fully saturated rings. The zero-order valence-corrected chi connectivity index (χ0v) is 14.5. The van der Waals surface area contributed by atoms with Crippen LogP contribution in [0.25, 0.3) is 21.0 Å². The summed E-state index contributed by atoms with van der Waals surface area (Å²) in [7, 11) is 1.61. The summed E-state index contributed by atoms with van der Waals surface area (Å²) in [6.45, 7) is 0. The Morgan fingerprint density at radius 1 is 1.08 bits per heavy atom. The number of para-hydroxylation sites is 1. The van der Waals surface area contributed by atoms with Crippen molar-refractivity contribution >= 4 is 43.4 Å². The Kier molecular flexibility index (Phi) is 4.07. The van der Waals surface area contributed by atoms with Crippen molar-refractivity contribution < 1.29 is 9.53 Å². The molecular weight excluding hydrogens is 332 g/mol. The summed E-state index contributed by atoms with van der Waals surface area (Å²) in [6, 6.07) is 19.8. The maximum atomic E-state index is 12.4. The topological polar surface area (TPSA) is 51.2 Å². The van der Waals surface area contributed by atoms with Gasteiger partial charge < -0.3 is 10.1 Å². The van der Waals surface area contributed by atoms with Crippen molar-refractivity contribution in [1.82, 2.24) is 4.98 Å². The second-order valence-electron chi connectivity index (χ2n) is 5.69. The third-order valence-corrected chi connectivity index (χ3v) is 5.01. The van der Waals surface area contributed by atoms with Crippen LogP contribution in [0.5, 0.6) is 5.75 Å². The first-order chi connectivity index (χ1) is 12.2. The quantitative estimate of drug-likeness (QED) is 0.584. The monoisotopic (exact) mass is 348 g/mol. The maximum Gasteiger partial charge on any atom is 0.230 e. The first-order valence-corrected chi connectivity index (χ1v) is 8.76. The van der Waals surface area contributed by atoms with Crippen molar-refractivity contribution in [2.24, 2.45) is 0 Å². The molecule has 3 aromatic carbocycles. The molecular formula is C20H16N2O2S. The predicted octanol–water partition coefficient (Wildman–Crippen LogP) is 4.64. The second kappa shape index (κ2) is 6.53. The van der Waals surface area contributed by atoms with E-state index in [2.05, 4.69) is 28.5 Å². The fourth-order valence-electron chi connectivity index (χ4n) is 2.90. The number of ether oxygens (including phenoxy) is 1. The average Bonchev–Trinajstić information content (AvgIpc) is 3.05. The fourth-order valence-corrected chi connectivity index (χ4v) is 3.80. The molecule has 0 aliphatic rings. The smallest absolute Gasteiger partial charge is 0.230 e. The van der Waals surface area contributed by atoms with E-state index in [1.165, 1.54) is 11.3 Å². The lowest BCUT2D eigenvalue weighted by Gasteiger charge is -2.07. The van der Waals surface area contributed by atoms with Crippen molar-refractivity contribution in [3.63, 3.8) is 0 Å². The highest BCUT2D eigenvalue weighted by Crippen LogP contribution is 2.31. The van der Waals surface area contributed by atoms with Gasteiger partial charge in [0.15, 0.2) is 5.13 Å². The normalized spacial score (nSPS) is 10.9. The zero-order chi connectivity index (χ0) is 17.2. The minimum absolute atomic E-state index is 0.104. The van der Waals surface area contributed by atoms with Crippen molar-refractivity contribution in [3.8, 4) is 5.75 Å². The molecule has 0 unspecified atom stereocenters. The molecule has 0 bridgehead atoms. The number of rotatable bonds is 4. The predicted molar refractivity (Wildman–Crippen MR) is 102 cm³/mol. The van der Waals surface area contributed by atoms with Gasteiger partial charge in [0.2, 0.25) is 5.91 Å². The highest BCUT2D eigenvalue weighted by atomic mass is 32.1. The molecule has 1 N–H and O–H groups in total. The van der Waals surface area contributed by atoms with Crippen LogP contribution in [0, 0.1) is 0 Å². The van der Waals surface area contributed by atoms with Gasteiger partial charge in [-0.15, -0.1) is 0 Å². The number of nitrogens with one attached hydrogen (secondary N) is 1. The number of carbonyl (C=O) groups excluding carboxylic acids is 1. The van der Waals surface area contributed by atoms with Crippen molar-refractivity contribution in [3.05, 3.63) is 66.2 Å². The number of anilines is 1. The van der Waals surface area contributed by atoms with Gasteiger partial charge in [-0.05, 0) is 17.5 Å². The van der Waals surface area contributed by atoms with Crippen molar-refractivity contribution in [2.45, 2.75) is 6.42 Å². The van der Waals surface area contributed by atoms with Gasteiger partial charge in [-0.1, -0.05) is 59.9 Å². The molecule has 0 spiro atoms. The summed E-state index contributed by atoms with van der Waals surface area (Å²) < 4.78 is 6.36. The van der Waals surface area contributed by atoms with Crippen LogP contribution in [0.4, 0.5) is 5.13 Å². The van der Waals surface area contributed by atoms with E-state index in [1.54, 1.807) is 7.11 Å². The van der Waals surface area contributed by atoms with Crippen LogP contribution in [0.3, 0.4) is 0 Å². The van der Waals surface area contributed by atoms with E-state index in [0.717, 1.165) is 26.6 Å². The Labute approximate surface area is 149 Å². The van der Waals surface area contributed by atoms with Crippen LogP contribution in [-0.4, -0.2) is 18.0 Å². The van der Waals surface area contributed by atoms with Gasteiger partial charge in [-0.2, -0.15) is 0 Å². The van der Waals surface area contributed by atoms with Gasteiger partial charge in [0, 0.05) is 10.9 Å². The summed E-state index contributed by atoms with van der Waals surface area (Å²) in [5.41, 5.74) is 1.78. The number of benzene rings is 3. The molecule has 0 atom stereocenters. The van der Waals surface area contributed by atoms with Crippen LogP contribution < -0.4 is 10.1 Å². The van der Waals surface area contributed by atoms with Crippen molar-refractivity contribution in [1.29, 1.82) is 0 Å². The number of carbonyl (C=O) groups is 1. The third-order valence-electron chi connectivity index (χ3n) is 4.07. The average molecular weight is 348 g/mol. The molecule has 1 amide bonds. The van der Waals surface area contributed by atoms with Gasteiger partial charge in [0.25, 0.3) is 0 Å². The number of aromatic nitrogens is 1. The van der Waals surface area contributed by atoms with Gasteiger partial charge in [-0.25, -0.2) is 4.98 Å². The number of hydrogen-bond acceptors (Lipinski definition) is 4. The Balaban J connectivity index is 1.60. The molecule has 0 saturated carbocycles. The zero-order valence-electron chi connectivity index (χ0n) is 13.7. The lowest BCUT2D eigenvalue weighted by molar-refractivity contribution is -0.115. The van der Waals surface area contributed by atoms with Gasteiger partial charge in [0.1, 0.15) is 5.75 Å². The molecule has 1 heterocycles. The Bertz CT molecular complexity index is 1070. The largest absolute Gasteiger partial charge is 0.496 e. The Morgan fingerprint density at radius 2 is 1.88 bits per heavy atom. The molecule has 25 heavy (non-hydrogen) atoms. The molecule has 0 aliphatic heterocycles. The van der Waals surface area contributed by atoms with E-state index in [-0.39, 0.29) is 12.3 Å². The summed E-state index contributed by atoms with van der Waals surface area (Å²) in [4.78, 5) is 17.0. The van der Waals surface area contributed by atoms with E-state index >= 15 is 0 Å². The standard InChI is InChI=1S/C20H16N2O2S/c1-24-16-9-5-3-7-14(16)12-18(23)21-20-22-19-15-8-4-2-6-13(15)10-11-17(19)25-20/h2-11H,12H2,1H3,(H,21,22,23). The van der Waals surface area contributed by atoms with E-state index in [9.17, 15) is 4.79 Å². The second-order valence-corrected chi connectivity index (χ2v) is 6.72. The Morgan fingerprint density at radius 3 is 2.76 bits per heavy atom. The third kappa shape index (κ3) is 3.06. The van der Waals surface area contributed by atoms with E-state index in [1.807, 2.05) is 42.5 Å². The van der Waals surface area contributed by atoms with Crippen LogP contribution in [0.1, 0.15) is 5.56 Å². The molecule has 1 aromatic heterocycles. The molecule has 5 heteroatoms. The number of methoxy groups -OCH3 is 1. The van der Waals surface area contributed by atoms with Crippen LogP contribution >= 0.6 is 11.3 Å². The summed E-state index contributed by atoms with van der Waals surface area (Å²) in [5.74, 6) is 0.612. The lowest BCUT2D eigenvalue weighted by Crippen LogP contribution is -2.14.